The Kier molecular flexibility index (Phi) is 7.81. The Bertz CT molecular complexity index is 968. The summed E-state index contributed by atoms with van der Waals surface area (Å²) in [4.78, 5) is 41.2. The van der Waals surface area contributed by atoms with E-state index in [9.17, 15) is 14.4 Å². The molecule has 1 aromatic heterocycles. The molecule has 8 nitrogen and oxygen atoms in total. The third-order valence-electron chi connectivity index (χ3n) is 5.18. The Hall–Kier alpha value is -2.71. The Balaban J connectivity index is 1.72. The van der Waals surface area contributed by atoms with E-state index in [1.807, 2.05) is 24.0 Å². The highest BCUT2D eigenvalue weighted by atomic mass is 35.5. The van der Waals surface area contributed by atoms with E-state index in [4.69, 9.17) is 16.3 Å². The number of halogens is 1. The summed E-state index contributed by atoms with van der Waals surface area (Å²) < 4.78 is 6.62. The number of nitrogens with zero attached hydrogens (tertiary/aromatic N) is 4. The van der Waals surface area contributed by atoms with Gasteiger partial charge < -0.3 is 9.64 Å². The minimum absolute atomic E-state index is 0.219. The lowest BCUT2D eigenvalue weighted by Crippen LogP contribution is -2.51. The van der Waals surface area contributed by atoms with Crippen LogP contribution in [-0.2, 0) is 16.1 Å². The van der Waals surface area contributed by atoms with Gasteiger partial charge >= 0.3 is 5.97 Å². The highest BCUT2D eigenvalue weighted by molar-refractivity contribution is 6.30. The molecule has 0 aliphatic carbocycles. The third-order valence-corrected chi connectivity index (χ3v) is 5.44. The number of rotatable bonds is 7. The minimum atomic E-state index is -0.556. The zero-order chi connectivity index (χ0) is 22.4. The van der Waals surface area contributed by atoms with E-state index < -0.39 is 6.04 Å². The SMILES string of the molecule is CCCn1nc(C(=O)N2CCN([C@H](C(=O)OCC)c3ccc(Cl)cc3)CC2)ccc1=O. The fourth-order valence-corrected chi connectivity index (χ4v) is 3.77. The van der Waals surface area contributed by atoms with Gasteiger partial charge in [0.25, 0.3) is 11.5 Å². The van der Waals surface area contributed by atoms with Crippen molar-refractivity contribution in [2.45, 2.75) is 32.9 Å². The molecule has 1 aromatic carbocycles. The van der Waals surface area contributed by atoms with Crippen LogP contribution in [0.1, 0.15) is 42.4 Å². The number of carbonyl (C=O) groups excluding carboxylic acids is 2. The molecule has 0 radical (unpaired) electrons. The Labute approximate surface area is 186 Å². The van der Waals surface area contributed by atoms with Crippen molar-refractivity contribution >= 4 is 23.5 Å². The van der Waals surface area contributed by atoms with Crippen LogP contribution in [0.25, 0.3) is 0 Å². The fraction of sp³-hybridized carbons (Fsp3) is 0.455. The number of piperazine rings is 1. The number of ether oxygens (including phenoxy) is 1. The second kappa shape index (κ2) is 10.5. The van der Waals surface area contributed by atoms with Gasteiger partial charge in [0.15, 0.2) is 0 Å². The molecule has 1 amide bonds. The summed E-state index contributed by atoms with van der Waals surface area (Å²) in [5, 5.41) is 4.81. The summed E-state index contributed by atoms with van der Waals surface area (Å²) in [6.07, 6.45) is 0.753. The van der Waals surface area contributed by atoms with Crippen LogP contribution in [0.2, 0.25) is 5.02 Å². The number of benzene rings is 1. The van der Waals surface area contributed by atoms with Crippen molar-refractivity contribution in [1.82, 2.24) is 19.6 Å². The second-order valence-corrected chi connectivity index (χ2v) is 7.75. The first-order chi connectivity index (χ1) is 14.9. The van der Waals surface area contributed by atoms with Gasteiger partial charge in [-0.3, -0.25) is 14.5 Å². The normalized spacial score (nSPS) is 15.5. The minimum Gasteiger partial charge on any atom is -0.465 e. The predicted octanol–water partition coefficient (Wildman–Crippen LogP) is 2.37. The van der Waals surface area contributed by atoms with Crippen molar-refractivity contribution in [2.75, 3.05) is 32.8 Å². The quantitative estimate of drug-likeness (QED) is 0.607. The second-order valence-electron chi connectivity index (χ2n) is 7.31. The van der Waals surface area contributed by atoms with E-state index in [1.54, 1.807) is 24.0 Å². The molecular weight excluding hydrogens is 420 g/mol. The highest BCUT2D eigenvalue weighted by Crippen LogP contribution is 2.25. The molecule has 9 heteroatoms. The van der Waals surface area contributed by atoms with Gasteiger partial charge in [-0.1, -0.05) is 30.7 Å². The number of amides is 1. The number of aromatic nitrogens is 2. The van der Waals surface area contributed by atoms with E-state index in [-0.39, 0.29) is 23.1 Å². The molecule has 1 saturated heterocycles. The van der Waals surface area contributed by atoms with Gasteiger partial charge in [0.05, 0.1) is 6.61 Å². The maximum absolute atomic E-state index is 12.9. The van der Waals surface area contributed by atoms with E-state index in [2.05, 4.69) is 5.10 Å². The molecule has 166 valence electrons. The van der Waals surface area contributed by atoms with Crippen molar-refractivity contribution in [3.63, 3.8) is 0 Å². The molecule has 0 bridgehead atoms. The van der Waals surface area contributed by atoms with Crippen LogP contribution in [0.5, 0.6) is 0 Å². The molecule has 1 aliphatic rings. The first-order valence-corrected chi connectivity index (χ1v) is 10.9. The molecule has 31 heavy (non-hydrogen) atoms. The Morgan fingerprint density at radius 2 is 1.74 bits per heavy atom. The van der Waals surface area contributed by atoms with Crippen LogP contribution in [0.4, 0.5) is 0 Å². The van der Waals surface area contributed by atoms with Gasteiger partial charge in [-0.05, 0) is 37.1 Å². The summed E-state index contributed by atoms with van der Waals surface area (Å²) in [6, 6.07) is 9.44. The van der Waals surface area contributed by atoms with E-state index in [0.717, 1.165) is 12.0 Å². The first-order valence-electron chi connectivity index (χ1n) is 10.5. The maximum atomic E-state index is 12.9. The number of hydrogen-bond acceptors (Lipinski definition) is 6. The smallest absolute Gasteiger partial charge is 0.328 e. The number of esters is 1. The van der Waals surface area contributed by atoms with Gasteiger partial charge in [0.1, 0.15) is 11.7 Å². The molecule has 1 aliphatic heterocycles. The summed E-state index contributed by atoms with van der Waals surface area (Å²) in [6.45, 7) is 6.38. The molecular formula is C22H27ClN4O4. The van der Waals surface area contributed by atoms with Crippen molar-refractivity contribution in [2.24, 2.45) is 0 Å². The van der Waals surface area contributed by atoms with Gasteiger partial charge in [-0.15, -0.1) is 0 Å². The van der Waals surface area contributed by atoms with E-state index in [0.29, 0.717) is 44.4 Å². The molecule has 0 saturated carbocycles. The third kappa shape index (κ3) is 5.51. The lowest BCUT2D eigenvalue weighted by atomic mass is 10.0. The van der Waals surface area contributed by atoms with Crippen molar-refractivity contribution in [3.8, 4) is 0 Å². The topological polar surface area (TPSA) is 84.7 Å². The average molecular weight is 447 g/mol. The van der Waals surface area contributed by atoms with Gasteiger partial charge in [0, 0.05) is 43.8 Å². The fourth-order valence-electron chi connectivity index (χ4n) is 3.64. The number of hydrogen-bond donors (Lipinski definition) is 0. The lowest BCUT2D eigenvalue weighted by Gasteiger charge is -2.38. The standard InChI is InChI=1S/C22H27ClN4O4/c1-3-11-27-19(28)10-9-18(24-27)21(29)26-14-12-25(13-15-26)20(22(30)31-4-2)16-5-7-17(23)8-6-16/h5-10,20H,3-4,11-15H2,1-2H3/t20-/m0/s1. The molecule has 1 atom stereocenters. The number of carbonyl (C=O) groups is 2. The number of aryl methyl sites for hydroxylation is 1. The zero-order valence-electron chi connectivity index (χ0n) is 17.8. The summed E-state index contributed by atoms with van der Waals surface area (Å²) in [5.41, 5.74) is 0.834. The van der Waals surface area contributed by atoms with Crippen LogP contribution < -0.4 is 5.56 Å². The molecule has 0 unspecified atom stereocenters. The van der Waals surface area contributed by atoms with Crippen molar-refractivity contribution < 1.29 is 14.3 Å². The molecule has 2 aromatic rings. The molecule has 0 N–H and O–H groups in total. The van der Waals surface area contributed by atoms with Gasteiger partial charge in [-0.25, -0.2) is 9.48 Å². The van der Waals surface area contributed by atoms with E-state index in [1.165, 1.54) is 16.8 Å². The predicted molar refractivity (Wildman–Crippen MR) is 117 cm³/mol. The van der Waals surface area contributed by atoms with Gasteiger partial charge in [-0.2, -0.15) is 5.10 Å². The largest absolute Gasteiger partial charge is 0.465 e. The summed E-state index contributed by atoms with van der Waals surface area (Å²) >= 11 is 5.99. The highest BCUT2D eigenvalue weighted by Gasteiger charge is 2.33. The van der Waals surface area contributed by atoms with Crippen molar-refractivity contribution in [3.05, 3.63) is 63.0 Å². The molecule has 0 spiro atoms. The Morgan fingerprint density at radius 3 is 2.35 bits per heavy atom. The van der Waals surface area contributed by atoms with Crippen molar-refractivity contribution in [1.29, 1.82) is 0 Å². The van der Waals surface area contributed by atoms with Crippen LogP contribution in [-0.4, -0.2) is 64.2 Å². The Morgan fingerprint density at radius 1 is 1.06 bits per heavy atom. The lowest BCUT2D eigenvalue weighted by molar-refractivity contribution is -0.150. The van der Waals surface area contributed by atoms with Crippen LogP contribution in [0, 0.1) is 0 Å². The molecule has 2 heterocycles. The maximum Gasteiger partial charge on any atom is 0.328 e. The molecule has 3 rings (SSSR count). The van der Waals surface area contributed by atoms with Crippen LogP contribution in [0.3, 0.4) is 0 Å². The molecule has 1 fully saturated rings. The zero-order valence-corrected chi connectivity index (χ0v) is 18.5. The monoisotopic (exact) mass is 446 g/mol. The summed E-state index contributed by atoms with van der Waals surface area (Å²) in [7, 11) is 0. The summed E-state index contributed by atoms with van der Waals surface area (Å²) in [5.74, 6) is -0.540. The first kappa shape index (κ1) is 23.0. The van der Waals surface area contributed by atoms with Crippen LogP contribution >= 0.6 is 11.6 Å². The van der Waals surface area contributed by atoms with E-state index >= 15 is 0 Å². The average Bonchev–Trinajstić information content (AvgIpc) is 2.77. The van der Waals surface area contributed by atoms with Crippen LogP contribution in [0.15, 0.2) is 41.2 Å². The van der Waals surface area contributed by atoms with Gasteiger partial charge in [0.2, 0.25) is 0 Å².